The molecule has 12 nitrogen and oxygen atoms in total. The maximum Gasteiger partial charge on any atom is 0.264 e. The highest BCUT2D eigenvalue weighted by atomic mass is 16.2. The SMILES string of the molecule is O=C(NCCN1CCCC1)c1ccc2nc3c4ccc5c(=O)n6c7cc(C(=O)NCCN8CCCC8)ccc7nc6c6ccc(c(=O)n3c2c1)c4c56. The van der Waals surface area contributed by atoms with E-state index in [9.17, 15) is 19.2 Å². The van der Waals surface area contributed by atoms with Crippen molar-refractivity contribution < 1.29 is 9.59 Å². The number of fused-ring (bicyclic) bond motifs is 8. The van der Waals surface area contributed by atoms with E-state index in [4.69, 9.17) is 9.97 Å². The fourth-order valence-electron chi connectivity index (χ4n) is 8.54. The molecule has 4 aromatic carbocycles. The minimum atomic E-state index is -0.271. The van der Waals surface area contributed by atoms with Crippen molar-refractivity contribution in [3.05, 3.63) is 92.5 Å². The van der Waals surface area contributed by atoms with E-state index in [0.29, 0.717) is 79.1 Å². The third-order valence-electron chi connectivity index (χ3n) is 11.2. The van der Waals surface area contributed by atoms with Gasteiger partial charge in [0.15, 0.2) is 0 Å². The van der Waals surface area contributed by atoms with Crippen LogP contribution in [0.25, 0.3) is 65.7 Å². The highest BCUT2D eigenvalue weighted by Crippen LogP contribution is 2.37. The summed E-state index contributed by atoms with van der Waals surface area (Å²) in [6.45, 7) is 7.01. The number of hydrogen-bond donors (Lipinski definition) is 2. The first-order valence-electron chi connectivity index (χ1n) is 18.2. The summed E-state index contributed by atoms with van der Waals surface area (Å²) in [6, 6.07) is 17.8. The highest BCUT2D eigenvalue weighted by Gasteiger charge is 2.23. The van der Waals surface area contributed by atoms with Crippen LogP contribution in [0.5, 0.6) is 0 Å². The van der Waals surface area contributed by atoms with Crippen molar-refractivity contribution in [2.24, 2.45) is 0 Å². The van der Waals surface area contributed by atoms with E-state index in [-0.39, 0.29) is 22.9 Å². The van der Waals surface area contributed by atoms with E-state index in [1.807, 2.05) is 12.1 Å². The Hall–Kier alpha value is -5.72. The molecule has 2 amide bonds. The third-order valence-corrected chi connectivity index (χ3v) is 11.2. The van der Waals surface area contributed by atoms with Crippen LogP contribution in [0.1, 0.15) is 46.4 Å². The summed E-state index contributed by atoms with van der Waals surface area (Å²) >= 11 is 0. The van der Waals surface area contributed by atoms with Crippen molar-refractivity contribution in [3.8, 4) is 0 Å². The molecule has 4 aromatic heterocycles. The molecule has 0 saturated carbocycles. The molecule has 0 aliphatic carbocycles. The molecule has 12 heteroatoms. The predicted molar refractivity (Wildman–Crippen MR) is 202 cm³/mol. The molecule has 0 atom stereocenters. The van der Waals surface area contributed by atoms with Crippen LogP contribution in [0.3, 0.4) is 0 Å². The Kier molecular flexibility index (Phi) is 7.12. The summed E-state index contributed by atoms with van der Waals surface area (Å²) in [5.74, 6) is -0.379. The van der Waals surface area contributed by atoms with Gasteiger partial charge in [0.05, 0.1) is 22.1 Å². The van der Waals surface area contributed by atoms with Gasteiger partial charge >= 0.3 is 0 Å². The lowest BCUT2D eigenvalue weighted by Crippen LogP contribution is -2.33. The zero-order chi connectivity index (χ0) is 35.1. The maximum atomic E-state index is 14.3. The molecule has 10 rings (SSSR count). The lowest BCUT2D eigenvalue weighted by atomic mass is 9.96. The van der Waals surface area contributed by atoms with Gasteiger partial charge in [-0.2, -0.15) is 0 Å². The molecular weight excluding hydrogens is 656 g/mol. The Morgan fingerprint density at radius 3 is 1.38 bits per heavy atom. The van der Waals surface area contributed by atoms with Gasteiger partial charge in [0.2, 0.25) is 0 Å². The summed E-state index contributed by atoms with van der Waals surface area (Å²) in [4.78, 5) is 69.3. The smallest absolute Gasteiger partial charge is 0.264 e. The lowest BCUT2D eigenvalue weighted by Gasteiger charge is -2.14. The van der Waals surface area contributed by atoms with Crippen molar-refractivity contribution in [1.82, 2.24) is 39.2 Å². The molecule has 2 saturated heterocycles. The average molecular weight is 693 g/mol. The van der Waals surface area contributed by atoms with Crippen molar-refractivity contribution in [2.45, 2.75) is 25.7 Å². The van der Waals surface area contributed by atoms with Crippen molar-refractivity contribution in [2.75, 3.05) is 52.4 Å². The first-order chi connectivity index (χ1) is 25.4. The summed E-state index contributed by atoms with van der Waals surface area (Å²) in [5.41, 5.74) is 3.63. The van der Waals surface area contributed by atoms with Crippen molar-refractivity contribution in [3.63, 3.8) is 0 Å². The van der Waals surface area contributed by atoms with Crippen LogP contribution in [-0.2, 0) is 0 Å². The number of aromatic nitrogens is 4. The minimum Gasteiger partial charge on any atom is -0.351 e. The topological polar surface area (TPSA) is 133 Å². The first kappa shape index (κ1) is 31.1. The number of nitrogens with zero attached hydrogens (tertiary/aromatic N) is 6. The standard InChI is InChI=1S/C40H36N8O4/c49-37(41-13-19-45-15-1-2-16-45)23-5-11-29-31(21-23)47-35(43-29)25-7-10-28-34-26(8-9-27(33(25)34)39(47)51)36-44-30-12-6-24(22-32(30)48(36)40(28)52)38(50)42-14-20-46-17-3-4-18-46/h5-12,21-22H,1-4,13-20H2,(H,41,49)(H,42,50). The van der Waals surface area contributed by atoms with Gasteiger partial charge < -0.3 is 20.4 Å². The summed E-state index contributed by atoms with van der Waals surface area (Å²) in [5, 5.41) is 9.73. The first-order valence-corrected chi connectivity index (χ1v) is 18.2. The molecule has 2 fully saturated rings. The van der Waals surface area contributed by atoms with Crippen LogP contribution in [0.15, 0.2) is 70.3 Å². The molecule has 0 spiro atoms. The van der Waals surface area contributed by atoms with Crippen LogP contribution in [-0.4, -0.2) is 92.7 Å². The molecule has 6 heterocycles. The van der Waals surface area contributed by atoms with Crippen LogP contribution in [0, 0.1) is 0 Å². The molecule has 8 aromatic rings. The number of benzene rings is 4. The number of amides is 2. The molecule has 52 heavy (non-hydrogen) atoms. The molecular formula is C40H36N8O4. The zero-order valence-corrected chi connectivity index (χ0v) is 28.6. The fourth-order valence-corrected chi connectivity index (χ4v) is 8.54. The van der Waals surface area contributed by atoms with Crippen LogP contribution < -0.4 is 21.8 Å². The van der Waals surface area contributed by atoms with Gasteiger partial charge in [0.25, 0.3) is 22.9 Å². The van der Waals surface area contributed by atoms with Crippen molar-refractivity contribution >= 4 is 77.5 Å². The number of hydrogen-bond acceptors (Lipinski definition) is 8. The minimum absolute atomic E-state index is 0.189. The molecule has 0 unspecified atom stereocenters. The largest absolute Gasteiger partial charge is 0.351 e. The van der Waals surface area contributed by atoms with E-state index >= 15 is 0 Å². The van der Waals surface area contributed by atoms with E-state index in [1.54, 1.807) is 57.3 Å². The second-order valence-corrected chi connectivity index (χ2v) is 14.2. The highest BCUT2D eigenvalue weighted by molar-refractivity contribution is 6.28. The Balaban J connectivity index is 1.06. The van der Waals surface area contributed by atoms with Crippen molar-refractivity contribution in [1.29, 1.82) is 0 Å². The fraction of sp³-hybridized carbons (Fsp3) is 0.300. The number of carbonyl (C=O) groups excluding carboxylic acids is 2. The number of likely N-dealkylation sites (tertiary alicyclic amines) is 2. The summed E-state index contributed by atoms with van der Waals surface area (Å²) in [7, 11) is 0. The molecule has 0 radical (unpaired) electrons. The van der Waals surface area contributed by atoms with E-state index in [1.165, 1.54) is 25.7 Å². The van der Waals surface area contributed by atoms with E-state index in [2.05, 4.69) is 20.4 Å². The van der Waals surface area contributed by atoms with Gasteiger partial charge in [-0.15, -0.1) is 0 Å². The van der Waals surface area contributed by atoms with Crippen LogP contribution >= 0.6 is 0 Å². The van der Waals surface area contributed by atoms with Gasteiger partial charge in [0, 0.05) is 69.6 Å². The number of nitrogens with one attached hydrogen (secondary N) is 2. The Morgan fingerprint density at radius 1 is 0.558 bits per heavy atom. The van der Waals surface area contributed by atoms with Gasteiger partial charge in [-0.05, 0) is 113 Å². The van der Waals surface area contributed by atoms with Gasteiger partial charge in [-0.3, -0.25) is 28.0 Å². The third kappa shape index (κ3) is 4.74. The van der Waals surface area contributed by atoms with E-state index in [0.717, 1.165) is 50.0 Å². The lowest BCUT2D eigenvalue weighted by molar-refractivity contribution is 0.0941. The molecule has 2 aliphatic heterocycles. The Bertz CT molecular complexity index is 2670. The molecule has 2 N–H and O–H groups in total. The number of pyridine rings is 2. The number of carbonyl (C=O) groups is 2. The van der Waals surface area contributed by atoms with E-state index < -0.39 is 0 Å². The molecule has 2 aliphatic rings. The predicted octanol–water partition coefficient (Wildman–Crippen LogP) is 4.00. The number of imidazole rings is 2. The van der Waals surface area contributed by atoms with Gasteiger partial charge in [0.1, 0.15) is 11.3 Å². The average Bonchev–Trinajstić information content (AvgIpc) is 3.99. The summed E-state index contributed by atoms with van der Waals surface area (Å²) < 4.78 is 3.15. The van der Waals surface area contributed by atoms with Crippen LogP contribution in [0.2, 0.25) is 0 Å². The maximum absolute atomic E-state index is 14.3. The molecule has 260 valence electrons. The zero-order valence-electron chi connectivity index (χ0n) is 28.6. The quantitative estimate of drug-likeness (QED) is 0.229. The Morgan fingerprint density at radius 2 is 0.962 bits per heavy atom. The molecule has 0 bridgehead atoms. The second kappa shape index (κ2) is 11.9. The second-order valence-electron chi connectivity index (χ2n) is 14.2. The van der Waals surface area contributed by atoms with Gasteiger partial charge in [-0.1, -0.05) is 0 Å². The van der Waals surface area contributed by atoms with Crippen LogP contribution in [0.4, 0.5) is 0 Å². The Labute approximate surface area is 296 Å². The number of rotatable bonds is 8. The van der Waals surface area contributed by atoms with Gasteiger partial charge in [-0.25, -0.2) is 9.97 Å². The summed E-state index contributed by atoms with van der Waals surface area (Å²) in [6.07, 6.45) is 4.79. The monoisotopic (exact) mass is 692 g/mol. The normalized spacial score (nSPS) is 15.9.